The smallest absolute Gasteiger partial charge is 0.271 e. The van der Waals surface area contributed by atoms with Crippen LogP contribution in [0.5, 0.6) is 5.75 Å². The van der Waals surface area contributed by atoms with E-state index < -0.39 is 4.92 Å². The SMILES string of the molecule is Cc1cccc(N2CCC(Oc3ccc([N+](=O)[O-])cc3Cl)CC2)c1. The Kier molecular flexibility index (Phi) is 4.90. The molecule has 2 aromatic carbocycles. The fraction of sp³-hybridized carbons (Fsp3) is 0.333. The zero-order valence-corrected chi connectivity index (χ0v) is 14.2. The van der Waals surface area contributed by atoms with Crippen LogP contribution in [0.2, 0.25) is 5.02 Å². The van der Waals surface area contributed by atoms with Crippen LogP contribution >= 0.6 is 11.6 Å². The zero-order valence-electron chi connectivity index (χ0n) is 13.4. The van der Waals surface area contributed by atoms with E-state index in [2.05, 4.69) is 36.1 Å². The molecule has 2 aromatic rings. The Morgan fingerprint density at radius 1 is 1.21 bits per heavy atom. The maximum absolute atomic E-state index is 10.7. The lowest BCUT2D eigenvalue weighted by atomic mass is 10.1. The summed E-state index contributed by atoms with van der Waals surface area (Å²) < 4.78 is 5.95. The van der Waals surface area contributed by atoms with Gasteiger partial charge in [-0.2, -0.15) is 0 Å². The fourth-order valence-corrected chi connectivity index (χ4v) is 3.15. The highest BCUT2D eigenvalue weighted by atomic mass is 35.5. The van der Waals surface area contributed by atoms with Crippen molar-refractivity contribution in [1.82, 2.24) is 0 Å². The van der Waals surface area contributed by atoms with Crippen LogP contribution in [0, 0.1) is 17.0 Å². The van der Waals surface area contributed by atoms with E-state index in [-0.39, 0.29) is 16.8 Å². The molecule has 0 bridgehead atoms. The van der Waals surface area contributed by atoms with Crippen LogP contribution in [-0.4, -0.2) is 24.1 Å². The second kappa shape index (κ2) is 7.09. The quantitative estimate of drug-likeness (QED) is 0.599. The van der Waals surface area contributed by atoms with E-state index in [0.29, 0.717) is 5.75 Å². The van der Waals surface area contributed by atoms with Crippen molar-refractivity contribution in [2.24, 2.45) is 0 Å². The van der Waals surface area contributed by atoms with Gasteiger partial charge in [0.1, 0.15) is 11.9 Å². The number of piperidine rings is 1. The van der Waals surface area contributed by atoms with Crippen LogP contribution in [0.1, 0.15) is 18.4 Å². The van der Waals surface area contributed by atoms with Crippen molar-refractivity contribution in [3.05, 3.63) is 63.2 Å². The summed E-state index contributed by atoms with van der Waals surface area (Å²) in [5, 5.41) is 11.0. The molecule has 6 heteroatoms. The first kappa shape index (κ1) is 16.6. The Balaban J connectivity index is 1.60. The number of non-ortho nitro benzene ring substituents is 1. The number of ether oxygens (including phenoxy) is 1. The Labute approximate surface area is 146 Å². The van der Waals surface area contributed by atoms with E-state index in [1.165, 1.54) is 23.4 Å². The fourth-order valence-electron chi connectivity index (χ4n) is 2.93. The Hall–Kier alpha value is -2.27. The number of nitro groups is 1. The van der Waals surface area contributed by atoms with Gasteiger partial charge in [-0.1, -0.05) is 23.7 Å². The number of rotatable bonds is 4. The molecule has 0 unspecified atom stereocenters. The van der Waals surface area contributed by atoms with Crippen LogP contribution in [0.3, 0.4) is 0 Å². The lowest BCUT2D eigenvalue weighted by Gasteiger charge is -2.34. The molecule has 1 saturated heterocycles. The molecular formula is C18H19ClN2O3. The van der Waals surface area contributed by atoms with E-state index in [1.807, 2.05) is 0 Å². The average Bonchev–Trinajstić information content (AvgIpc) is 2.57. The monoisotopic (exact) mass is 346 g/mol. The van der Waals surface area contributed by atoms with Crippen LogP contribution in [0.25, 0.3) is 0 Å². The topological polar surface area (TPSA) is 55.6 Å². The van der Waals surface area contributed by atoms with Crippen molar-refractivity contribution in [2.45, 2.75) is 25.9 Å². The minimum Gasteiger partial charge on any atom is -0.489 e. The summed E-state index contributed by atoms with van der Waals surface area (Å²) >= 11 is 6.09. The maximum atomic E-state index is 10.7. The number of benzene rings is 2. The van der Waals surface area contributed by atoms with Gasteiger partial charge in [-0.25, -0.2) is 0 Å². The summed E-state index contributed by atoms with van der Waals surface area (Å²) in [6, 6.07) is 12.8. The molecule has 0 radical (unpaired) electrons. The summed E-state index contributed by atoms with van der Waals surface area (Å²) in [6.45, 7) is 3.92. The first-order valence-electron chi connectivity index (χ1n) is 7.95. The van der Waals surface area contributed by atoms with Crippen molar-refractivity contribution in [3.63, 3.8) is 0 Å². The summed E-state index contributed by atoms with van der Waals surface area (Å²) in [4.78, 5) is 12.6. The van der Waals surface area contributed by atoms with Gasteiger partial charge in [-0.05, 0) is 30.7 Å². The molecule has 0 spiro atoms. The second-order valence-electron chi connectivity index (χ2n) is 6.02. The standard InChI is InChI=1S/C18H19ClN2O3/c1-13-3-2-4-14(11-13)20-9-7-16(8-10-20)24-18-6-5-15(21(22)23)12-17(18)19/h2-6,11-12,16H,7-10H2,1H3. The number of nitro benzene ring substituents is 1. The number of aryl methyl sites for hydroxylation is 1. The molecule has 1 aliphatic rings. The Morgan fingerprint density at radius 3 is 2.58 bits per heavy atom. The van der Waals surface area contributed by atoms with Crippen LogP contribution in [0.4, 0.5) is 11.4 Å². The molecule has 1 aliphatic heterocycles. The highest BCUT2D eigenvalue weighted by Crippen LogP contribution is 2.31. The molecule has 0 aromatic heterocycles. The van der Waals surface area contributed by atoms with Crippen LogP contribution in [0.15, 0.2) is 42.5 Å². The van der Waals surface area contributed by atoms with E-state index in [4.69, 9.17) is 16.3 Å². The van der Waals surface area contributed by atoms with Gasteiger partial charge >= 0.3 is 0 Å². The summed E-state index contributed by atoms with van der Waals surface area (Å²) in [5.41, 5.74) is 2.46. The van der Waals surface area contributed by atoms with Gasteiger partial charge in [0.25, 0.3) is 5.69 Å². The minimum atomic E-state index is -0.462. The van der Waals surface area contributed by atoms with Gasteiger partial charge < -0.3 is 9.64 Å². The van der Waals surface area contributed by atoms with E-state index in [0.717, 1.165) is 25.9 Å². The molecule has 0 N–H and O–H groups in total. The number of nitrogens with zero attached hydrogens (tertiary/aromatic N) is 2. The van der Waals surface area contributed by atoms with Crippen molar-refractivity contribution in [3.8, 4) is 5.75 Å². The molecule has 3 rings (SSSR count). The predicted molar refractivity (Wildman–Crippen MR) is 95.1 cm³/mol. The van der Waals surface area contributed by atoms with Crippen LogP contribution < -0.4 is 9.64 Å². The molecule has 126 valence electrons. The molecule has 1 fully saturated rings. The first-order valence-corrected chi connectivity index (χ1v) is 8.33. The largest absolute Gasteiger partial charge is 0.489 e. The van der Waals surface area contributed by atoms with Gasteiger partial charge in [0.2, 0.25) is 0 Å². The highest BCUT2D eigenvalue weighted by molar-refractivity contribution is 6.32. The first-order chi connectivity index (χ1) is 11.5. The summed E-state index contributed by atoms with van der Waals surface area (Å²) in [5.74, 6) is 0.510. The molecule has 0 saturated carbocycles. The van der Waals surface area contributed by atoms with Gasteiger partial charge in [-0.3, -0.25) is 10.1 Å². The van der Waals surface area contributed by atoms with Gasteiger partial charge in [0, 0.05) is 43.8 Å². The van der Waals surface area contributed by atoms with Crippen molar-refractivity contribution in [2.75, 3.05) is 18.0 Å². The van der Waals surface area contributed by atoms with Gasteiger partial charge in [0.15, 0.2) is 0 Å². The molecule has 5 nitrogen and oxygen atoms in total. The normalized spacial score (nSPS) is 15.3. The van der Waals surface area contributed by atoms with E-state index in [1.54, 1.807) is 6.07 Å². The second-order valence-corrected chi connectivity index (χ2v) is 6.42. The number of anilines is 1. The zero-order chi connectivity index (χ0) is 17.1. The molecule has 1 heterocycles. The predicted octanol–water partition coefficient (Wildman–Crippen LogP) is 4.60. The third kappa shape index (κ3) is 3.79. The molecule has 0 aliphatic carbocycles. The Bertz CT molecular complexity index is 743. The number of hydrogen-bond acceptors (Lipinski definition) is 4. The Morgan fingerprint density at radius 2 is 1.96 bits per heavy atom. The molecule has 0 amide bonds. The molecule has 0 atom stereocenters. The van der Waals surface area contributed by atoms with Crippen LogP contribution in [-0.2, 0) is 0 Å². The van der Waals surface area contributed by atoms with Crippen molar-refractivity contribution >= 4 is 23.0 Å². The third-order valence-corrected chi connectivity index (χ3v) is 4.52. The van der Waals surface area contributed by atoms with E-state index >= 15 is 0 Å². The van der Waals surface area contributed by atoms with E-state index in [9.17, 15) is 10.1 Å². The van der Waals surface area contributed by atoms with Crippen molar-refractivity contribution < 1.29 is 9.66 Å². The summed E-state index contributed by atoms with van der Waals surface area (Å²) in [7, 11) is 0. The van der Waals surface area contributed by atoms with Gasteiger partial charge in [-0.15, -0.1) is 0 Å². The molecular weight excluding hydrogens is 328 g/mol. The maximum Gasteiger partial charge on any atom is 0.271 e. The summed E-state index contributed by atoms with van der Waals surface area (Å²) in [6.07, 6.45) is 1.85. The lowest BCUT2D eigenvalue weighted by molar-refractivity contribution is -0.384. The lowest BCUT2D eigenvalue weighted by Crippen LogP contribution is -2.38. The minimum absolute atomic E-state index is 0.0263. The third-order valence-electron chi connectivity index (χ3n) is 4.23. The number of halogens is 1. The molecule has 24 heavy (non-hydrogen) atoms. The average molecular weight is 347 g/mol. The van der Waals surface area contributed by atoms with Gasteiger partial charge in [0.05, 0.1) is 9.95 Å². The number of hydrogen-bond donors (Lipinski definition) is 0. The highest BCUT2D eigenvalue weighted by Gasteiger charge is 2.22. The van der Waals surface area contributed by atoms with Crippen molar-refractivity contribution in [1.29, 1.82) is 0 Å².